The molecule has 2 aliphatic heterocycles. The number of benzene rings is 1. The minimum absolute atomic E-state index is 0.0374. The largest absolute Gasteiger partial charge is 0.366 e. The van der Waals surface area contributed by atoms with Crippen molar-refractivity contribution in [3.63, 3.8) is 0 Å². The van der Waals surface area contributed by atoms with E-state index in [0.29, 0.717) is 6.54 Å². The third-order valence-electron chi connectivity index (χ3n) is 6.71. The fourth-order valence-corrected chi connectivity index (χ4v) is 5.61. The van der Waals surface area contributed by atoms with E-state index in [9.17, 15) is 9.59 Å². The standard InChI is InChI=1S/C23H26ClN3O3/c1-14-5-4-8-16(11-14)18-9-10-27(25-18)20(15-6-2-3-7-15)23(29)26-12-17(24)22-21(26)19(28)13-30-22/h4-5,8-11,15,17,20-22H,2-3,6-7,12-13H2,1H3/t17-,20?,21+,22?/m0/s1. The number of amides is 1. The Labute approximate surface area is 181 Å². The number of likely N-dealkylation sites (tertiary alicyclic amines) is 1. The van der Waals surface area contributed by atoms with Crippen LogP contribution in [-0.2, 0) is 14.3 Å². The highest BCUT2D eigenvalue weighted by atomic mass is 35.5. The molecule has 1 aromatic heterocycles. The molecule has 2 aromatic rings. The van der Waals surface area contributed by atoms with Crippen molar-refractivity contribution in [2.75, 3.05) is 13.2 Å². The Hall–Kier alpha value is -2.18. The Kier molecular flexibility index (Phi) is 5.15. The number of aryl methyl sites for hydroxylation is 1. The molecule has 30 heavy (non-hydrogen) atoms. The van der Waals surface area contributed by atoms with Crippen LogP contribution in [0.1, 0.15) is 37.3 Å². The summed E-state index contributed by atoms with van der Waals surface area (Å²) in [4.78, 5) is 27.8. The normalized spacial score (nSPS) is 27.6. The van der Waals surface area contributed by atoms with Gasteiger partial charge in [-0.15, -0.1) is 11.6 Å². The van der Waals surface area contributed by atoms with Gasteiger partial charge in [-0.05, 0) is 37.8 Å². The summed E-state index contributed by atoms with van der Waals surface area (Å²) in [5, 5.41) is 4.45. The quantitative estimate of drug-likeness (QED) is 0.702. The minimum Gasteiger partial charge on any atom is -0.366 e. The molecule has 3 aliphatic rings. The average Bonchev–Trinajstić information content (AvgIpc) is 3.51. The number of hydrogen-bond acceptors (Lipinski definition) is 4. The number of aromatic nitrogens is 2. The van der Waals surface area contributed by atoms with Gasteiger partial charge in [0.15, 0.2) is 5.78 Å². The zero-order valence-electron chi connectivity index (χ0n) is 17.0. The van der Waals surface area contributed by atoms with Crippen LogP contribution in [0, 0.1) is 12.8 Å². The third-order valence-corrected chi connectivity index (χ3v) is 7.10. The van der Waals surface area contributed by atoms with Gasteiger partial charge in [-0.1, -0.05) is 36.6 Å². The minimum atomic E-state index is -0.560. The van der Waals surface area contributed by atoms with E-state index >= 15 is 0 Å². The summed E-state index contributed by atoms with van der Waals surface area (Å²) in [6, 6.07) is 9.18. The van der Waals surface area contributed by atoms with Crippen molar-refractivity contribution in [1.82, 2.24) is 14.7 Å². The van der Waals surface area contributed by atoms with Crippen molar-refractivity contribution >= 4 is 23.3 Å². The molecule has 0 spiro atoms. The fourth-order valence-electron chi connectivity index (χ4n) is 5.25. The first kappa shape index (κ1) is 19.8. The maximum atomic E-state index is 13.8. The van der Waals surface area contributed by atoms with Crippen LogP contribution in [0.15, 0.2) is 36.5 Å². The highest BCUT2D eigenvalue weighted by Crippen LogP contribution is 2.39. The Morgan fingerprint density at radius 2 is 2.07 bits per heavy atom. The van der Waals surface area contributed by atoms with Crippen LogP contribution in [0.2, 0.25) is 0 Å². The number of halogens is 1. The predicted octanol–water partition coefficient (Wildman–Crippen LogP) is 3.38. The van der Waals surface area contributed by atoms with Crippen molar-refractivity contribution in [1.29, 1.82) is 0 Å². The number of ether oxygens (including phenoxy) is 1. The summed E-state index contributed by atoms with van der Waals surface area (Å²) in [6.07, 6.45) is 5.73. The Bertz CT molecular complexity index is 968. The third kappa shape index (κ3) is 3.36. The lowest BCUT2D eigenvalue weighted by Crippen LogP contribution is -2.46. The number of carbonyl (C=O) groups excluding carboxylic acids is 2. The summed E-state index contributed by atoms with van der Waals surface area (Å²) in [6.45, 7) is 2.44. The van der Waals surface area contributed by atoms with Crippen molar-refractivity contribution < 1.29 is 14.3 Å². The lowest BCUT2D eigenvalue weighted by molar-refractivity contribution is -0.141. The topological polar surface area (TPSA) is 64.4 Å². The number of nitrogens with zero attached hydrogens (tertiary/aromatic N) is 3. The van der Waals surface area contributed by atoms with Crippen molar-refractivity contribution in [2.45, 2.75) is 56.2 Å². The summed E-state index contributed by atoms with van der Waals surface area (Å²) in [5.41, 5.74) is 3.05. The second kappa shape index (κ2) is 7.82. The maximum Gasteiger partial charge on any atom is 0.248 e. The van der Waals surface area contributed by atoms with Gasteiger partial charge in [-0.2, -0.15) is 5.10 Å². The van der Waals surface area contributed by atoms with E-state index in [0.717, 1.165) is 36.9 Å². The molecule has 1 saturated carbocycles. The molecule has 4 atom stereocenters. The predicted molar refractivity (Wildman–Crippen MR) is 113 cm³/mol. The average molecular weight is 428 g/mol. The molecule has 158 valence electrons. The van der Waals surface area contributed by atoms with Crippen molar-refractivity contribution in [3.05, 3.63) is 42.1 Å². The molecule has 0 radical (unpaired) electrons. The molecule has 0 bridgehead atoms. The van der Waals surface area contributed by atoms with Crippen LogP contribution >= 0.6 is 11.6 Å². The van der Waals surface area contributed by atoms with Crippen LogP contribution in [0.25, 0.3) is 11.3 Å². The molecule has 1 amide bonds. The number of hydrogen-bond donors (Lipinski definition) is 0. The van der Waals surface area contributed by atoms with Gasteiger partial charge in [0.2, 0.25) is 5.91 Å². The van der Waals surface area contributed by atoms with Gasteiger partial charge in [0, 0.05) is 18.3 Å². The number of carbonyl (C=O) groups is 2. The zero-order valence-corrected chi connectivity index (χ0v) is 17.8. The van der Waals surface area contributed by atoms with Crippen LogP contribution in [0.5, 0.6) is 0 Å². The highest BCUT2D eigenvalue weighted by molar-refractivity contribution is 6.22. The summed E-state index contributed by atoms with van der Waals surface area (Å²) in [7, 11) is 0. The number of Topliss-reactive ketones (excluding diaryl/α,β-unsaturated/α-hetero) is 1. The maximum absolute atomic E-state index is 13.8. The van der Waals surface area contributed by atoms with Crippen LogP contribution in [0.4, 0.5) is 0 Å². The van der Waals surface area contributed by atoms with Gasteiger partial charge in [-0.25, -0.2) is 0 Å². The van der Waals surface area contributed by atoms with Gasteiger partial charge < -0.3 is 9.64 Å². The molecule has 3 fully saturated rings. The molecule has 1 aliphatic carbocycles. The van der Waals surface area contributed by atoms with Crippen molar-refractivity contribution in [3.8, 4) is 11.3 Å². The Morgan fingerprint density at radius 3 is 2.83 bits per heavy atom. The van der Waals surface area contributed by atoms with E-state index in [2.05, 4.69) is 19.1 Å². The van der Waals surface area contributed by atoms with E-state index in [1.807, 2.05) is 29.1 Å². The first-order valence-electron chi connectivity index (χ1n) is 10.7. The van der Waals surface area contributed by atoms with Gasteiger partial charge in [0.25, 0.3) is 0 Å². The molecular formula is C23H26ClN3O3. The van der Waals surface area contributed by atoms with Crippen molar-refractivity contribution in [2.24, 2.45) is 5.92 Å². The highest BCUT2D eigenvalue weighted by Gasteiger charge is 2.53. The van der Waals surface area contributed by atoms with Crippen LogP contribution < -0.4 is 0 Å². The first-order chi connectivity index (χ1) is 14.5. The molecule has 2 saturated heterocycles. The SMILES string of the molecule is Cc1cccc(-c2ccn(C(C(=O)N3C[C@H](Cl)C4OCC(=O)[C@H]43)C3CCCC3)n2)c1. The van der Waals surface area contributed by atoms with Gasteiger partial charge >= 0.3 is 0 Å². The fraction of sp³-hybridized carbons (Fsp3) is 0.522. The Balaban J connectivity index is 1.47. The van der Waals surface area contributed by atoms with Crippen LogP contribution in [-0.4, -0.2) is 57.0 Å². The number of ketones is 1. The number of rotatable bonds is 4. The lowest BCUT2D eigenvalue weighted by atomic mass is 9.96. The van der Waals surface area contributed by atoms with E-state index < -0.39 is 18.2 Å². The first-order valence-corrected chi connectivity index (χ1v) is 11.2. The number of alkyl halides is 1. The second-order valence-corrected chi connectivity index (χ2v) is 9.29. The molecule has 2 unspecified atom stereocenters. The summed E-state index contributed by atoms with van der Waals surface area (Å²) in [5.74, 6) is 0.105. The smallest absolute Gasteiger partial charge is 0.248 e. The summed E-state index contributed by atoms with van der Waals surface area (Å²) >= 11 is 6.43. The monoisotopic (exact) mass is 427 g/mol. The molecular weight excluding hydrogens is 402 g/mol. The molecule has 0 N–H and O–H groups in total. The molecule has 1 aromatic carbocycles. The lowest BCUT2D eigenvalue weighted by Gasteiger charge is -2.30. The zero-order chi connectivity index (χ0) is 20.8. The van der Waals surface area contributed by atoms with E-state index in [1.54, 1.807) is 4.90 Å². The second-order valence-electron chi connectivity index (χ2n) is 8.73. The molecule has 7 heteroatoms. The van der Waals surface area contributed by atoms with Gasteiger partial charge in [-0.3, -0.25) is 14.3 Å². The van der Waals surface area contributed by atoms with E-state index in [1.165, 1.54) is 5.56 Å². The summed E-state index contributed by atoms with van der Waals surface area (Å²) < 4.78 is 7.38. The van der Waals surface area contributed by atoms with E-state index in [4.69, 9.17) is 21.4 Å². The Morgan fingerprint density at radius 1 is 1.27 bits per heavy atom. The van der Waals surface area contributed by atoms with Crippen LogP contribution in [0.3, 0.4) is 0 Å². The number of fused-ring (bicyclic) bond motifs is 1. The molecule has 6 nitrogen and oxygen atoms in total. The molecule has 5 rings (SSSR count). The van der Waals surface area contributed by atoms with Gasteiger partial charge in [0.1, 0.15) is 24.8 Å². The van der Waals surface area contributed by atoms with Gasteiger partial charge in [0.05, 0.1) is 11.1 Å². The van der Waals surface area contributed by atoms with E-state index in [-0.39, 0.29) is 29.6 Å². The molecule has 3 heterocycles.